The number of benzene rings is 1. The number of aromatic nitrogens is 5. The first-order valence-corrected chi connectivity index (χ1v) is 9.51. The second-order valence-corrected chi connectivity index (χ2v) is 7.63. The second-order valence-electron chi connectivity index (χ2n) is 7.63. The molecule has 0 bridgehead atoms. The maximum atomic E-state index is 15.0. The van der Waals surface area contributed by atoms with Crippen molar-refractivity contribution in [2.75, 3.05) is 0 Å². The molecule has 0 atom stereocenters. The summed E-state index contributed by atoms with van der Waals surface area (Å²) in [5, 5.41) is 4.40. The van der Waals surface area contributed by atoms with E-state index in [1.165, 1.54) is 35.2 Å². The number of pyridine rings is 1. The minimum absolute atomic E-state index is 0.0640. The zero-order valence-electron chi connectivity index (χ0n) is 16.0. The molecule has 1 aliphatic carbocycles. The van der Waals surface area contributed by atoms with Gasteiger partial charge in [-0.1, -0.05) is 17.3 Å². The topological polar surface area (TPSA) is 86.7 Å². The van der Waals surface area contributed by atoms with Crippen LogP contribution in [-0.2, 0) is 12.2 Å². The van der Waals surface area contributed by atoms with Gasteiger partial charge in [-0.25, -0.2) is 18.7 Å². The summed E-state index contributed by atoms with van der Waals surface area (Å²) >= 11 is 0. The van der Waals surface area contributed by atoms with Crippen LogP contribution >= 0.6 is 0 Å². The number of aryl methyl sites for hydroxylation is 1. The van der Waals surface area contributed by atoms with Crippen molar-refractivity contribution >= 4 is 11.0 Å². The van der Waals surface area contributed by atoms with Crippen molar-refractivity contribution in [1.82, 2.24) is 24.7 Å². The normalized spacial score (nSPS) is 21.0. The molecule has 0 amide bonds. The summed E-state index contributed by atoms with van der Waals surface area (Å²) in [5.74, 6) is 0.0499. The van der Waals surface area contributed by atoms with E-state index in [9.17, 15) is 9.18 Å². The largest absolute Gasteiger partial charge is 0.337 e. The molecule has 7 nitrogen and oxygen atoms in total. The van der Waals surface area contributed by atoms with Crippen molar-refractivity contribution in [3.8, 4) is 0 Å². The molecule has 1 saturated carbocycles. The van der Waals surface area contributed by atoms with E-state index in [1.54, 1.807) is 12.3 Å². The number of alkyl halides is 1. The first-order valence-electron chi connectivity index (χ1n) is 9.51. The molecule has 0 aliphatic heterocycles. The Bertz CT molecular complexity index is 1290. The van der Waals surface area contributed by atoms with Crippen molar-refractivity contribution in [3.63, 3.8) is 0 Å². The van der Waals surface area contributed by atoms with Crippen molar-refractivity contribution in [2.24, 2.45) is 0 Å². The molecule has 0 N–H and O–H groups in total. The summed E-state index contributed by atoms with van der Waals surface area (Å²) < 4.78 is 34.8. The van der Waals surface area contributed by atoms with Crippen molar-refractivity contribution in [2.45, 2.75) is 37.9 Å². The molecular weight excluding hydrogens is 392 g/mol. The number of hydrogen-bond donors (Lipinski definition) is 0. The first kappa shape index (κ1) is 18.5. The molecule has 1 aliphatic rings. The lowest BCUT2D eigenvalue weighted by molar-refractivity contribution is 0.0335. The molecule has 0 radical (unpaired) electrons. The van der Waals surface area contributed by atoms with Crippen LogP contribution in [0.1, 0.15) is 41.6 Å². The van der Waals surface area contributed by atoms with Crippen LogP contribution in [0.2, 0.25) is 0 Å². The summed E-state index contributed by atoms with van der Waals surface area (Å²) in [7, 11) is 0. The zero-order valence-corrected chi connectivity index (χ0v) is 16.0. The van der Waals surface area contributed by atoms with Crippen LogP contribution in [-0.4, -0.2) is 24.7 Å². The van der Waals surface area contributed by atoms with Gasteiger partial charge in [-0.15, -0.1) is 0 Å². The predicted molar refractivity (Wildman–Crippen MR) is 103 cm³/mol. The van der Waals surface area contributed by atoms with Gasteiger partial charge in [0, 0.05) is 12.1 Å². The van der Waals surface area contributed by atoms with Gasteiger partial charge in [-0.2, -0.15) is 4.98 Å². The maximum Gasteiger partial charge on any atom is 0.263 e. The Balaban J connectivity index is 1.33. The number of halogens is 2. The van der Waals surface area contributed by atoms with Crippen LogP contribution in [0.5, 0.6) is 0 Å². The lowest BCUT2D eigenvalue weighted by Crippen LogP contribution is -2.36. The molecule has 0 saturated heterocycles. The highest BCUT2D eigenvalue weighted by Crippen LogP contribution is 2.52. The number of rotatable bonds is 4. The van der Waals surface area contributed by atoms with Gasteiger partial charge < -0.3 is 4.52 Å². The highest BCUT2D eigenvalue weighted by atomic mass is 19.1. The molecule has 3 aromatic heterocycles. The second kappa shape index (κ2) is 6.79. The molecule has 9 heteroatoms. The van der Waals surface area contributed by atoms with Crippen LogP contribution in [0.15, 0.2) is 52.2 Å². The van der Waals surface area contributed by atoms with Crippen LogP contribution in [0.25, 0.3) is 11.0 Å². The molecule has 4 aromatic rings. The van der Waals surface area contributed by atoms with Crippen molar-refractivity contribution < 1.29 is 13.3 Å². The summed E-state index contributed by atoms with van der Waals surface area (Å²) in [6.07, 6.45) is 3.39. The standard InChI is InChI=1S/C21H17F2N5O2/c1-12-6-7-24-19-17(12)20(29)28(11-25-19)10-16-26-18(27-30-16)13-8-21(23,9-13)14-2-4-15(22)5-3-14/h2-7,11,13H,8-10H2,1H3/t13-,21+. The lowest BCUT2D eigenvalue weighted by atomic mass is 9.68. The van der Waals surface area contributed by atoms with Gasteiger partial charge in [0.1, 0.15) is 24.4 Å². The fraction of sp³-hybridized carbons (Fsp3) is 0.286. The smallest absolute Gasteiger partial charge is 0.263 e. The Morgan fingerprint density at radius 1 is 1.20 bits per heavy atom. The molecule has 0 unspecified atom stereocenters. The minimum Gasteiger partial charge on any atom is -0.337 e. The molecule has 5 rings (SSSR count). The third-order valence-electron chi connectivity index (χ3n) is 5.59. The van der Waals surface area contributed by atoms with E-state index < -0.39 is 11.5 Å². The SMILES string of the molecule is Cc1ccnc2ncn(Cc3nc([C@H]4C[C@](F)(c5ccc(F)cc5)C4)no3)c(=O)c12. The highest BCUT2D eigenvalue weighted by Gasteiger charge is 2.48. The third-order valence-corrected chi connectivity index (χ3v) is 5.59. The Kier molecular flexibility index (Phi) is 4.19. The van der Waals surface area contributed by atoms with Gasteiger partial charge in [0.05, 0.1) is 5.39 Å². The number of fused-ring (bicyclic) bond motifs is 1. The van der Waals surface area contributed by atoms with Gasteiger partial charge in [0.15, 0.2) is 11.5 Å². The van der Waals surface area contributed by atoms with Crippen LogP contribution in [0.4, 0.5) is 8.78 Å². The van der Waals surface area contributed by atoms with Gasteiger partial charge in [-0.3, -0.25) is 9.36 Å². The van der Waals surface area contributed by atoms with Crippen LogP contribution < -0.4 is 5.56 Å². The fourth-order valence-corrected chi connectivity index (χ4v) is 3.87. The van der Waals surface area contributed by atoms with Crippen molar-refractivity contribution in [1.29, 1.82) is 0 Å². The molecule has 1 fully saturated rings. The van der Waals surface area contributed by atoms with E-state index in [1.807, 2.05) is 6.92 Å². The third kappa shape index (κ3) is 3.06. The zero-order chi connectivity index (χ0) is 20.9. The van der Waals surface area contributed by atoms with E-state index >= 15 is 4.39 Å². The fourth-order valence-electron chi connectivity index (χ4n) is 3.87. The van der Waals surface area contributed by atoms with Gasteiger partial charge in [0.25, 0.3) is 5.56 Å². The Hall–Kier alpha value is -3.49. The Labute approximate surface area is 169 Å². The molecule has 152 valence electrons. The monoisotopic (exact) mass is 409 g/mol. The lowest BCUT2D eigenvalue weighted by Gasteiger charge is -2.40. The van der Waals surface area contributed by atoms with E-state index in [2.05, 4.69) is 20.1 Å². The van der Waals surface area contributed by atoms with Crippen LogP contribution in [0.3, 0.4) is 0 Å². The summed E-state index contributed by atoms with van der Waals surface area (Å²) in [5.41, 5.74) is -0.151. The predicted octanol–water partition coefficient (Wildman–Crippen LogP) is 3.41. The highest BCUT2D eigenvalue weighted by molar-refractivity contribution is 5.76. The van der Waals surface area contributed by atoms with E-state index in [0.717, 1.165) is 5.56 Å². The quantitative estimate of drug-likeness (QED) is 0.513. The minimum atomic E-state index is -1.52. The average molecular weight is 409 g/mol. The van der Waals surface area contributed by atoms with Gasteiger partial charge in [-0.05, 0) is 49.1 Å². The van der Waals surface area contributed by atoms with E-state index in [4.69, 9.17) is 4.52 Å². The molecule has 0 spiro atoms. The average Bonchev–Trinajstić information content (AvgIpc) is 3.16. The van der Waals surface area contributed by atoms with Gasteiger partial charge in [0.2, 0.25) is 5.89 Å². The first-order chi connectivity index (χ1) is 14.4. The molecule has 3 heterocycles. The Morgan fingerprint density at radius 3 is 2.73 bits per heavy atom. The molecule has 30 heavy (non-hydrogen) atoms. The van der Waals surface area contributed by atoms with E-state index in [0.29, 0.717) is 22.4 Å². The number of nitrogens with zero attached hydrogens (tertiary/aromatic N) is 5. The molecular formula is C21H17F2N5O2. The Morgan fingerprint density at radius 2 is 1.97 bits per heavy atom. The number of hydrogen-bond acceptors (Lipinski definition) is 6. The van der Waals surface area contributed by atoms with Crippen LogP contribution in [0, 0.1) is 12.7 Å². The van der Waals surface area contributed by atoms with Crippen molar-refractivity contribution in [3.05, 3.63) is 81.9 Å². The maximum absolute atomic E-state index is 15.0. The summed E-state index contributed by atoms with van der Waals surface area (Å²) in [6, 6.07) is 7.18. The van der Waals surface area contributed by atoms with Gasteiger partial charge >= 0.3 is 0 Å². The molecule has 1 aromatic carbocycles. The van der Waals surface area contributed by atoms with E-state index in [-0.39, 0.29) is 36.8 Å². The summed E-state index contributed by atoms with van der Waals surface area (Å²) in [6.45, 7) is 1.89. The summed E-state index contributed by atoms with van der Waals surface area (Å²) in [4.78, 5) is 25.4.